The Bertz CT molecular complexity index is 2460. The highest BCUT2D eigenvalue weighted by Gasteiger charge is 2.41. The van der Waals surface area contributed by atoms with Crippen LogP contribution in [0.3, 0.4) is 0 Å². The van der Waals surface area contributed by atoms with E-state index in [4.69, 9.17) is 62.3 Å². The lowest BCUT2D eigenvalue weighted by atomic mass is 9.86. The van der Waals surface area contributed by atoms with Gasteiger partial charge in [-0.25, -0.2) is 15.0 Å². The molecule has 384 valence electrons. The van der Waals surface area contributed by atoms with Crippen LogP contribution in [0.2, 0.25) is 0 Å². The minimum Gasteiger partial charge on any atom is -0.511 e. The molecule has 0 saturated carbocycles. The average Bonchev–Trinajstić information content (AvgIpc) is 4.12. The molecule has 71 heavy (non-hydrogen) atoms. The highest BCUT2D eigenvalue weighted by atomic mass is 16.6. The fourth-order valence-corrected chi connectivity index (χ4v) is 9.56. The Morgan fingerprint density at radius 3 is 1.94 bits per heavy atom. The van der Waals surface area contributed by atoms with Gasteiger partial charge in [0.05, 0.1) is 120 Å². The number of carbonyl (C=O) groups excluding carboxylic acids is 1. The number of benzene rings is 1. The summed E-state index contributed by atoms with van der Waals surface area (Å²) in [5.74, 6) is 1.21. The van der Waals surface area contributed by atoms with E-state index < -0.39 is 6.10 Å². The minimum absolute atomic E-state index is 0.00995. The van der Waals surface area contributed by atoms with E-state index in [0.717, 1.165) is 96.6 Å². The molecule has 1 aliphatic carbocycles. The molecule has 6 aliphatic rings. The van der Waals surface area contributed by atoms with Crippen molar-refractivity contribution >= 4 is 23.1 Å². The number of allylic oxidation sites excluding steroid dienone is 11. The van der Waals surface area contributed by atoms with Crippen LogP contribution in [0.4, 0.5) is 0 Å². The summed E-state index contributed by atoms with van der Waals surface area (Å²) in [5.41, 5.74) is 14.3. The van der Waals surface area contributed by atoms with Crippen molar-refractivity contribution in [1.29, 1.82) is 0 Å². The maximum atomic E-state index is 12.5. The maximum absolute atomic E-state index is 12.5. The maximum Gasteiger partial charge on any atom is 0.305 e. The van der Waals surface area contributed by atoms with Crippen molar-refractivity contribution < 1.29 is 57.3 Å². The predicted octanol–water partition coefficient (Wildman–Crippen LogP) is 8.33. The number of fused-ring (bicyclic) bond motifs is 5. The minimum atomic E-state index is -0.396. The normalized spacial score (nSPS) is 19.8. The van der Waals surface area contributed by atoms with Crippen LogP contribution in [0.25, 0.3) is 0 Å². The SMILES string of the molecule is CCC1=C(C)C2=NC1=CC1=C(C)C3=C(O)CC(=C4NC(=CC5=NC(=C2)C(C(C)OCc2cc(OCCOCCOCCOC)cc(OCCOCCOCCOC)c2)=C5C)[C@@H](C)[C@@H]4CCC(=O)OC)C3=N1. The number of esters is 1. The molecule has 0 radical (unpaired) electrons. The quantitative estimate of drug-likeness (QED) is 0.0606. The van der Waals surface area contributed by atoms with Gasteiger partial charge in [0.15, 0.2) is 0 Å². The summed E-state index contributed by atoms with van der Waals surface area (Å²) in [7, 11) is 4.70. The van der Waals surface area contributed by atoms with Crippen LogP contribution in [-0.4, -0.2) is 135 Å². The molecule has 16 nitrogen and oxygen atoms in total. The number of nitrogens with one attached hydrogen (secondary N) is 1. The van der Waals surface area contributed by atoms with Crippen molar-refractivity contribution in [1.82, 2.24) is 5.32 Å². The van der Waals surface area contributed by atoms with Crippen molar-refractivity contribution in [2.75, 3.05) is 101 Å². The molecule has 2 N–H and O–H groups in total. The number of nitrogens with zero attached hydrogens (tertiary/aromatic N) is 3. The fourth-order valence-electron chi connectivity index (χ4n) is 9.56. The summed E-state index contributed by atoms with van der Waals surface area (Å²) in [5, 5.41) is 15.3. The molecule has 1 aromatic carbocycles. The van der Waals surface area contributed by atoms with Gasteiger partial charge in [0, 0.05) is 73.1 Å². The van der Waals surface area contributed by atoms with Crippen molar-refractivity contribution in [3.63, 3.8) is 0 Å². The van der Waals surface area contributed by atoms with E-state index in [0.29, 0.717) is 109 Å². The summed E-state index contributed by atoms with van der Waals surface area (Å²) >= 11 is 0. The van der Waals surface area contributed by atoms with E-state index >= 15 is 0 Å². The van der Waals surface area contributed by atoms with Gasteiger partial charge in [-0.2, -0.15) is 0 Å². The largest absolute Gasteiger partial charge is 0.511 e. The summed E-state index contributed by atoms with van der Waals surface area (Å²) in [6.07, 6.45) is 7.78. The first-order chi connectivity index (χ1) is 34.5. The molecule has 3 atom stereocenters. The van der Waals surface area contributed by atoms with Crippen LogP contribution in [0.15, 0.2) is 125 Å². The lowest BCUT2D eigenvalue weighted by Gasteiger charge is -2.18. The van der Waals surface area contributed by atoms with E-state index in [1.54, 1.807) is 14.2 Å². The van der Waals surface area contributed by atoms with E-state index in [9.17, 15) is 9.90 Å². The fraction of sp³-hybridized carbons (Fsp3) is 0.527. The molecule has 5 heterocycles. The highest BCUT2D eigenvalue weighted by molar-refractivity contribution is 6.21. The van der Waals surface area contributed by atoms with Crippen molar-refractivity contribution in [3.8, 4) is 11.5 Å². The van der Waals surface area contributed by atoms with Gasteiger partial charge in [-0.15, -0.1) is 0 Å². The molecule has 1 fully saturated rings. The van der Waals surface area contributed by atoms with Gasteiger partial charge in [0.2, 0.25) is 0 Å². The number of rotatable bonds is 28. The Morgan fingerprint density at radius 1 is 0.746 bits per heavy atom. The Kier molecular flexibility index (Phi) is 19.4. The first kappa shape index (κ1) is 53.3. The van der Waals surface area contributed by atoms with Crippen LogP contribution >= 0.6 is 0 Å². The Balaban J connectivity index is 1.16. The molecular weight excluding hydrogens is 909 g/mol. The van der Waals surface area contributed by atoms with E-state index in [-0.39, 0.29) is 30.8 Å². The standard InChI is InChI=1S/C55H72N4O12/c1-10-41-33(2)44-31-49-52(37(6)71-32-38-25-39(69-23-21-67-19-17-65-15-13-62-7)27-40(26-38)70-24-22-68-20-18-66-16-14-63-8)35(4)46(57-49)29-45-34(3)42(11-12-51(61)64-9)54(58-45)43-28-50(60)53-36(5)47(59-55(43)53)30-48(41)56-44/h25-27,29-31,34,37,42,58,60H,10-24,28,32H2,1-9H3/t34-,37?,42-/m0/s1. The smallest absolute Gasteiger partial charge is 0.305 e. The zero-order chi connectivity index (χ0) is 50.4. The van der Waals surface area contributed by atoms with Gasteiger partial charge in [0.1, 0.15) is 30.5 Å². The molecule has 7 rings (SSSR count). The molecule has 0 spiro atoms. The summed E-state index contributed by atoms with van der Waals surface area (Å²) in [6.45, 7) is 18.2. The molecule has 1 unspecified atom stereocenters. The second kappa shape index (κ2) is 25.8. The Labute approximate surface area is 418 Å². The van der Waals surface area contributed by atoms with Gasteiger partial charge < -0.3 is 57.8 Å². The second-order valence-corrected chi connectivity index (χ2v) is 18.0. The van der Waals surface area contributed by atoms with Gasteiger partial charge in [0.25, 0.3) is 0 Å². The topological polar surface area (TPSA) is 179 Å². The average molecular weight is 981 g/mol. The predicted molar refractivity (Wildman–Crippen MR) is 272 cm³/mol. The highest BCUT2D eigenvalue weighted by Crippen LogP contribution is 2.47. The van der Waals surface area contributed by atoms with Crippen molar-refractivity contribution in [2.24, 2.45) is 26.8 Å². The third-order valence-corrected chi connectivity index (χ3v) is 13.4. The monoisotopic (exact) mass is 981 g/mol. The zero-order valence-corrected chi connectivity index (χ0v) is 43.0. The van der Waals surface area contributed by atoms with Crippen LogP contribution in [-0.2, 0) is 49.3 Å². The molecule has 1 saturated heterocycles. The molecule has 0 amide bonds. The summed E-state index contributed by atoms with van der Waals surface area (Å²) in [4.78, 5) is 28.3. The number of hydrogen-bond acceptors (Lipinski definition) is 16. The first-order valence-electron chi connectivity index (χ1n) is 24.8. The number of aliphatic hydroxyl groups excluding tert-OH is 1. The number of aliphatic imine (C=N–C) groups is 3. The summed E-state index contributed by atoms with van der Waals surface area (Å²) in [6, 6.07) is 5.78. The number of ether oxygens (including phenoxy) is 10. The number of hydrogen-bond donors (Lipinski definition) is 2. The number of aliphatic hydroxyl groups is 1. The van der Waals surface area contributed by atoms with Gasteiger partial charge in [-0.3, -0.25) is 4.79 Å². The van der Waals surface area contributed by atoms with Gasteiger partial charge >= 0.3 is 5.97 Å². The second-order valence-electron chi connectivity index (χ2n) is 18.0. The van der Waals surface area contributed by atoms with E-state index in [1.807, 2.05) is 31.2 Å². The molecule has 8 bridgehead atoms. The lowest BCUT2D eigenvalue weighted by molar-refractivity contribution is -0.140. The van der Waals surface area contributed by atoms with Crippen LogP contribution < -0.4 is 14.8 Å². The van der Waals surface area contributed by atoms with Crippen LogP contribution in [0.1, 0.15) is 72.8 Å². The molecule has 16 heteroatoms. The third-order valence-electron chi connectivity index (χ3n) is 13.4. The lowest BCUT2D eigenvalue weighted by Crippen LogP contribution is -2.16. The number of carbonyl (C=O) groups is 1. The van der Waals surface area contributed by atoms with Crippen molar-refractivity contribution in [3.05, 3.63) is 115 Å². The Hall–Kier alpha value is -5.46. The van der Waals surface area contributed by atoms with E-state index in [2.05, 4.69) is 52.1 Å². The van der Waals surface area contributed by atoms with Crippen LogP contribution in [0, 0.1) is 11.8 Å². The third kappa shape index (κ3) is 13.2. The van der Waals surface area contributed by atoms with Crippen LogP contribution in [0.5, 0.6) is 11.5 Å². The first-order valence-corrected chi connectivity index (χ1v) is 24.8. The van der Waals surface area contributed by atoms with Gasteiger partial charge in [-0.05, 0) is 98.8 Å². The molecule has 1 aromatic rings. The van der Waals surface area contributed by atoms with E-state index in [1.165, 1.54) is 7.11 Å². The van der Waals surface area contributed by atoms with Gasteiger partial charge in [-0.1, -0.05) is 13.8 Å². The molecular formula is C55H72N4O12. The summed E-state index contributed by atoms with van der Waals surface area (Å²) < 4.78 is 56.8. The Morgan fingerprint density at radius 2 is 1.34 bits per heavy atom. The molecule has 0 aromatic heterocycles. The molecule has 5 aliphatic heterocycles. The van der Waals surface area contributed by atoms with Crippen molar-refractivity contribution in [2.45, 2.75) is 79.9 Å². The number of methoxy groups -OCH3 is 3. The zero-order valence-electron chi connectivity index (χ0n) is 43.0.